The van der Waals surface area contributed by atoms with Crippen LogP contribution in [-0.4, -0.2) is 17.0 Å². The molecule has 4 nitrogen and oxygen atoms in total. The number of amides is 2. The van der Waals surface area contributed by atoms with Gasteiger partial charge in [0.05, 0.1) is 6.54 Å². The van der Waals surface area contributed by atoms with Crippen molar-refractivity contribution in [1.29, 1.82) is 0 Å². The van der Waals surface area contributed by atoms with Crippen molar-refractivity contribution in [2.75, 3.05) is 5.32 Å². The normalized spacial score (nSPS) is 18.1. The Balaban J connectivity index is 1.57. The topological polar surface area (TPSA) is 45.5 Å². The molecule has 186 valence electrons. The largest absolute Gasteiger partial charge is 0.464 e. The Labute approximate surface area is 210 Å². The van der Waals surface area contributed by atoms with Crippen LogP contribution >= 0.6 is 0 Å². The van der Waals surface area contributed by atoms with Crippen molar-refractivity contribution in [3.63, 3.8) is 0 Å². The number of benzene rings is 2. The number of urea groups is 1. The van der Waals surface area contributed by atoms with Gasteiger partial charge in [-0.3, -0.25) is 0 Å². The molecule has 1 aromatic heterocycles. The smallest absolute Gasteiger partial charge is 0.322 e. The quantitative estimate of drug-likeness (QED) is 0.374. The lowest BCUT2D eigenvalue weighted by Gasteiger charge is -2.37. The van der Waals surface area contributed by atoms with E-state index in [1.165, 1.54) is 16.7 Å². The van der Waals surface area contributed by atoms with Crippen LogP contribution in [0.2, 0.25) is 0 Å². The molecular formula is C31H40N2O2. The Hall–Kier alpha value is -3.01. The third kappa shape index (κ3) is 5.98. The van der Waals surface area contributed by atoms with Gasteiger partial charge in [0.15, 0.2) is 0 Å². The number of anilines is 1. The lowest BCUT2D eigenvalue weighted by Crippen LogP contribution is -2.44. The van der Waals surface area contributed by atoms with E-state index in [1.54, 1.807) is 0 Å². The first-order valence-corrected chi connectivity index (χ1v) is 13.1. The molecule has 0 atom stereocenters. The molecule has 0 saturated heterocycles. The number of para-hydroxylation sites is 1. The highest BCUT2D eigenvalue weighted by atomic mass is 16.3. The zero-order valence-electron chi connectivity index (χ0n) is 21.9. The first-order valence-electron chi connectivity index (χ1n) is 13.1. The summed E-state index contributed by atoms with van der Waals surface area (Å²) in [4.78, 5) is 15.9. The van der Waals surface area contributed by atoms with Gasteiger partial charge in [0, 0.05) is 11.7 Å². The van der Waals surface area contributed by atoms with Crippen LogP contribution in [0.15, 0.2) is 65.1 Å². The van der Waals surface area contributed by atoms with Crippen molar-refractivity contribution in [2.45, 2.75) is 90.6 Å². The van der Waals surface area contributed by atoms with E-state index in [1.807, 2.05) is 24.0 Å². The second-order valence-electron chi connectivity index (χ2n) is 10.6. The number of hydrogen-bond acceptors (Lipinski definition) is 2. The van der Waals surface area contributed by atoms with Crippen molar-refractivity contribution < 1.29 is 9.21 Å². The van der Waals surface area contributed by atoms with Crippen LogP contribution in [0.4, 0.5) is 10.5 Å². The summed E-state index contributed by atoms with van der Waals surface area (Å²) < 4.78 is 5.90. The molecule has 1 aliphatic carbocycles. The molecule has 1 saturated carbocycles. The highest BCUT2D eigenvalue weighted by Crippen LogP contribution is 2.37. The highest BCUT2D eigenvalue weighted by Gasteiger charge is 2.31. The average Bonchev–Trinajstić information content (AvgIpc) is 3.27. The van der Waals surface area contributed by atoms with E-state index in [-0.39, 0.29) is 12.1 Å². The summed E-state index contributed by atoms with van der Waals surface area (Å²) in [5.41, 5.74) is 4.76. The predicted octanol–water partition coefficient (Wildman–Crippen LogP) is 8.60. The minimum atomic E-state index is -0.0304. The summed E-state index contributed by atoms with van der Waals surface area (Å²) in [5, 5.41) is 3.35. The Morgan fingerprint density at radius 3 is 2.06 bits per heavy atom. The van der Waals surface area contributed by atoms with Crippen molar-refractivity contribution in [1.82, 2.24) is 4.90 Å². The summed E-state index contributed by atoms with van der Waals surface area (Å²) in [6.45, 7) is 11.2. The second kappa shape index (κ2) is 11.2. The van der Waals surface area contributed by atoms with Crippen molar-refractivity contribution in [3.8, 4) is 0 Å². The molecule has 1 aliphatic rings. The Morgan fingerprint density at radius 2 is 1.51 bits per heavy atom. The Bertz CT molecular complexity index is 1080. The number of nitrogens with one attached hydrogen (secondary N) is 1. The van der Waals surface area contributed by atoms with Crippen LogP contribution in [0.5, 0.6) is 0 Å². The van der Waals surface area contributed by atoms with E-state index in [2.05, 4.69) is 81.5 Å². The third-order valence-corrected chi connectivity index (χ3v) is 7.40. The van der Waals surface area contributed by atoms with Crippen LogP contribution in [0.3, 0.4) is 0 Å². The highest BCUT2D eigenvalue weighted by molar-refractivity contribution is 5.91. The molecule has 4 heteroatoms. The zero-order chi connectivity index (χ0) is 24.9. The molecule has 35 heavy (non-hydrogen) atoms. The van der Waals surface area contributed by atoms with E-state index in [9.17, 15) is 4.79 Å². The lowest BCUT2D eigenvalue weighted by atomic mass is 9.81. The first kappa shape index (κ1) is 25.1. The zero-order valence-corrected chi connectivity index (χ0v) is 21.9. The summed E-state index contributed by atoms with van der Waals surface area (Å²) >= 11 is 0. The number of hydrogen-bond donors (Lipinski definition) is 1. The van der Waals surface area contributed by atoms with Crippen molar-refractivity contribution >= 4 is 11.7 Å². The molecule has 0 aliphatic heterocycles. The van der Waals surface area contributed by atoms with Gasteiger partial charge in [0.2, 0.25) is 0 Å². The maximum Gasteiger partial charge on any atom is 0.322 e. The van der Waals surface area contributed by atoms with E-state index in [4.69, 9.17) is 4.42 Å². The number of furan rings is 1. The van der Waals surface area contributed by atoms with Crippen molar-refractivity contribution in [2.24, 2.45) is 0 Å². The molecular weight excluding hydrogens is 432 g/mol. The molecule has 2 aromatic carbocycles. The maximum absolute atomic E-state index is 13.9. The first-order chi connectivity index (χ1) is 16.8. The van der Waals surface area contributed by atoms with E-state index < -0.39 is 0 Å². The lowest BCUT2D eigenvalue weighted by molar-refractivity contribution is 0.151. The maximum atomic E-state index is 13.9. The van der Waals surface area contributed by atoms with E-state index in [0.717, 1.165) is 42.9 Å². The van der Waals surface area contributed by atoms with Crippen LogP contribution in [0.1, 0.15) is 99.3 Å². The molecule has 4 rings (SSSR count). The summed E-state index contributed by atoms with van der Waals surface area (Å²) in [6.07, 6.45) is 4.18. The molecule has 1 fully saturated rings. The molecule has 0 radical (unpaired) electrons. The van der Waals surface area contributed by atoms with E-state index in [0.29, 0.717) is 24.3 Å². The predicted molar refractivity (Wildman–Crippen MR) is 144 cm³/mol. The summed E-state index contributed by atoms with van der Waals surface area (Å²) in [6, 6.07) is 21.3. The van der Waals surface area contributed by atoms with Gasteiger partial charge >= 0.3 is 6.03 Å². The summed E-state index contributed by atoms with van der Waals surface area (Å²) in [5.74, 6) is 2.93. The fraction of sp³-hybridized carbons (Fsp3) is 0.452. The molecule has 1 heterocycles. The minimum Gasteiger partial charge on any atom is -0.464 e. The number of carbonyl (C=O) groups excluding carboxylic acids is 1. The third-order valence-electron chi connectivity index (χ3n) is 7.40. The van der Waals surface area contributed by atoms with Crippen LogP contribution in [-0.2, 0) is 6.54 Å². The van der Waals surface area contributed by atoms with Gasteiger partial charge in [-0.2, -0.15) is 0 Å². The minimum absolute atomic E-state index is 0.0304. The SMILES string of the molecule is Cc1ccc(CN(C(=O)Nc2c(C(C)C)cccc2C(C)C)C2CCC(c3ccccc3)CC2)o1. The van der Waals surface area contributed by atoms with E-state index >= 15 is 0 Å². The van der Waals surface area contributed by atoms with Gasteiger partial charge in [0.1, 0.15) is 11.5 Å². The van der Waals surface area contributed by atoms with Crippen LogP contribution in [0, 0.1) is 6.92 Å². The molecule has 3 aromatic rings. The van der Waals surface area contributed by atoms with Gasteiger partial charge in [-0.1, -0.05) is 76.2 Å². The van der Waals surface area contributed by atoms with Gasteiger partial charge in [0.25, 0.3) is 0 Å². The number of carbonyl (C=O) groups is 1. The van der Waals surface area contributed by atoms with Gasteiger partial charge in [-0.15, -0.1) is 0 Å². The van der Waals surface area contributed by atoms with Crippen LogP contribution in [0.25, 0.3) is 0 Å². The second-order valence-corrected chi connectivity index (χ2v) is 10.6. The fourth-order valence-corrected chi connectivity index (χ4v) is 5.42. The van der Waals surface area contributed by atoms with Gasteiger partial charge in [-0.25, -0.2) is 4.79 Å². The average molecular weight is 473 g/mol. The standard InChI is InChI=1S/C31H40N2O2/c1-21(2)28-12-9-13-29(22(3)4)30(28)32-31(34)33(20-27-19-14-23(5)35-27)26-17-15-25(16-18-26)24-10-7-6-8-11-24/h6-14,19,21-22,25-26H,15-18,20H2,1-5H3,(H,32,34). The Kier molecular flexibility index (Phi) is 8.00. The molecule has 0 bridgehead atoms. The fourth-order valence-electron chi connectivity index (χ4n) is 5.42. The number of nitrogens with zero attached hydrogens (tertiary/aromatic N) is 1. The molecule has 1 N–H and O–H groups in total. The summed E-state index contributed by atoms with van der Waals surface area (Å²) in [7, 11) is 0. The number of aryl methyl sites for hydroxylation is 1. The van der Waals surface area contributed by atoms with Gasteiger partial charge < -0.3 is 14.6 Å². The molecule has 0 spiro atoms. The monoisotopic (exact) mass is 472 g/mol. The molecule has 0 unspecified atom stereocenters. The van der Waals surface area contributed by atoms with Gasteiger partial charge in [-0.05, 0) is 79.2 Å². The Morgan fingerprint density at radius 1 is 0.886 bits per heavy atom. The number of rotatable bonds is 7. The van der Waals surface area contributed by atoms with Crippen molar-refractivity contribution in [3.05, 3.63) is 88.9 Å². The molecule has 2 amide bonds. The van der Waals surface area contributed by atoms with Crippen LogP contribution < -0.4 is 5.32 Å².